The third-order valence-electron chi connectivity index (χ3n) is 3.01. The molecule has 0 aromatic heterocycles. The molecule has 1 amide bonds. The molecule has 1 aliphatic rings. The normalized spacial score (nSPS) is 14.7. The number of ether oxygens (including phenoxy) is 1. The lowest BCUT2D eigenvalue weighted by atomic mass is 10.2. The topological polar surface area (TPSA) is 66.8 Å². The first-order valence-electron chi connectivity index (χ1n) is 5.95. The van der Waals surface area contributed by atoms with Gasteiger partial charge < -0.3 is 9.84 Å². The highest BCUT2D eigenvalue weighted by Crippen LogP contribution is 2.18. The molecule has 0 bridgehead atoms. The van der Waals surface area contributed by atoms with Crippen LogP contribution in [-0.4, -0.2) is 35.2 Å². The molecular weight excluding hydrogens is 246 g/mol. The molecule has 0 atom stereocenters. The molecule has 5 nitrogen and oxygen atoms in total. The minimum atomic E-state index is -0.976. The van der Waals surface area contributed by atoms with Crippen LogP contribution in [0.25, 0.3) is 0 Å². The van der Waals surface area contributed by atoms with Crippen molar-refractivity contribution in [3.05, 3.63) is 47.0 Å². The molecule has 1 aliphatic heterocycles. The SMILES string of the molecule is CC1=C(C(=O)O)CN(C(=O)OCc2ccccc2)C1. The van der Waals surface area contributed by atoms with Gasteiger partial charge in [0.2, 0.25) is 0 Å². The molecule has 0 spiro atoms. The molecule has 0 unspecified atom stereocenters. The number of amides is 1. The quantitative estimate of drug-likeness (QED) is 0.904. The van der Waals surface area contributed by atoms with Crippen LogP contribution >= 0.6 is 0 Å². The summed E-state index contributed by atoms with van der Waals surface area (Å²) in [4.78, 5) is 24.1. The number of carboxylic acids is 1. The maximum Gasteiger partial charge on any atom is 0.410 e. The second-order valence-electron chi connectivity index (χ2n) is 4.46. The number of benzene rings is 1. The Morgan fingerprint density at radius 2 is 1.95 bits per heavy atom. The monoisotopic (exact) mass is 261 g/mol. The molecule has 0 saturated carbocycles. The van der Waals surface area contributed by atoms with Gasteiger partial charge in [-0.2, -0.15) is 0 Å². The van der Waals surface area contributed by atoms with Crippen molar-refractivity contribution in [1.82, 2.24) is 4.90 Å². The first-order valence-corrected chi connectivity index (χ1v) is 5.95. The molecular formula is C14H15NO4. The van der Waals surface area contributed by atoms with Gasteiger partial charge in [-0.1, -0.05) is 30.3 Å². The molecule has 19 heavy (non-hydrogen) atoms. The second-order valence-corrected chi connectivity index (χ2v) is 4.46. The smallest absolute Gasteiger partial charge is 0.410 e. The summed E-state index contributed by atoms with van der Waals surface area (Å²) in [5, 5.41) is 8.95. The summed E-state index contributed by atoms with van der Waals surface area (Å²) in [5.41, 5.74) is 1.87. The van der Waals surface area contributed by atoms with E-state index in [2.05, 4.69) is 0 Å². The molecule has 2 rings (SSSR count). The van der Waals surface area contributed by atoms with Crippen molar-refractivity contribution >= 4 is 12.1 Å². The molecule has 100 valence electrons. The average Bonchev–Trinajstić information content (AvgIpc) is 2.79. The van der Waals surface area contributed by atoms with Crippen molar-refractivity contribution in [2.24, 2.45) is 0 Å². The van der Waals surface area contributed by atoms with E-state index in [1.807, 2.05) is 30.3 Å². The third kappa shape index (κ3) is 3.13. The van der Waals surface area contributed by atoms with Gasteiger partial charge in [-0.15, -0.1) is 0 Å². The summed E-state index contributed by atoms with van der Waals surface area (Å²) in [5.74, 6) is -0.976. The molecule has 5 heteroatoms. The van der Waals surface area contributed by atoms with Gasteiger partial charge in [0, 0.05) is 6.54 Å². The number of hydrogen-bond acceptors (Lipinski definition) is 3. The van der Waals surface area contributed by atoms with E-state index in [1.165, 1.54) is 4.90 Å². The molecule has 0 aliphatic carbocycles. The average molecular weight is 261 g/mol. The van der Waals surface area contributed by atoms with Gasteiger partial charge in [-0.25, -0.2) is 9.59 Å². The number of rotatable bonds is 3. The maximum atomic E-state index is 11.8. The van der Waals surface area contributed by atoms with Crippen LogP contribution in [-0.2, 0) is 16.1 Å². The summed E-state index contributed by atoms with van der Waals surface area (Å²) in [7, 11) is 0. The first-order chi connectivity index (χ1) is 9.08. The molecule has 1 aromatic rings. The van der Waals surface area contributed by atoms with E-state index in [1.54, 1.807) is 6.92 Å². The summed E-state index contributed by atoms with van der Waals surface area (Å²) in [6.45, 7) is 2.33. The summed E-state index contributed by atoms with van der Waals surface area (Å²) >= 11 is 0. The number of hydrogen-bond donors (Lipinski definition) is 1. The van der Waals surface area contributed by atoms with Gasteiger partial charge >= 0.3 is 12.1 Å². The Bertz CT molecular complexity index is 522. The van der Waals surface area contributed by atoms with Crippen LogP contribution in [0.3, 0.4) is 0 Å². The fourth-order valence-corrected chi connectivity index (χ4v) is 1.95. The lowest BCUT2D eigenvalue weighted by molar-refractivity contribution is -0.132. The Hall–Kier alpha value is -2.30. The van der Waals surface area contributed by atoms with E-state index in [0.717, 1.165) is 5.56 Å². The van der Waals surface area contributed by atoms with Gasteiger partial charge in [0.05, 0.1) is 12.1 Å². The minimum absolute atomic E-state index is 0.106. The maximum absolute atomic E-state index is 11.8. The zero-order valence-corrected chi connectivity index (χ0v) is 10.6. The highest BCUT2D eigenvalue weighted by molar-refractivity contribution is 5.90. The van der Waals surface area contributed by atoms with E-state index >= 15 is 0 Å². The van der Waals surface area contributed by atoms with Gasteiger partial charge in [0.15, 0.2) is 0 Å². The molecule has 0 fully saturated rings. The van der Waals surface area contributed by atoms with Crippen molar-refractivity contribution in [3.63, 3.8) is 0 Å². The number of nitrogens with zero attached hydrogens (tertiary/aromatic N) is 1. The Kier molecular flexibility index (Phi) is 3.85. The predicted octanol–water partition coefficient (Wildman–Crippen LogP) is 2.04. The van der Waals surface area contributed by atoms with Crippen molar-refractivity contribution in [3.8, 4) is 0 Å². The Balaban J connectivity index is 1.88. The standard InChI is InChI=1S/C14H15NO4/c1-10-7-15(8-12(10)13(16)17)14(18)19-9-11-5-3-2-4-6-11/h2-6H,7-9H2,1H3,(H,16,17). The van der Waals surface area contributed by atoms with E-state index in [4.69, 9.17) is 9.84 Å². The number of carbonyl (C=O) groups is 2. The Morgan fingerprint density at radius 1 is 1.26 bits per heavy atom. The Morgan fingerprint density at radius 3 is 2.53 bits per heavy atom. The van der Waals surface area contributed by atoms with E-state index in [9.17, 15) is 9.59 Å². The first kappa shape index (κ1) is 13.1. The van der Waals surface area contributed by atoms with Crippen molar-refractivity contribution < 1.29 is 19.4 Å². The van der Waals surface area contributed by atoms with Crippen LogP contribution < -0.4 is 0 Å². The fraction of sp³-hybridized carbons (Fsp3) is 0.286. The van der Waals surface area contributed by atoms with Gasteiger partial charge in [0.25, 0.3) is 0 Å². The molecule has 1 heterocycles. The number of aliphatic carboxylic acids is 1. The van der Waals surface area contributed by atoms with Gasteiger partial charge in [-0.3, -0.25) is 4.90 Å². The molecule has 1 aromatic carbocycles. The predicted molar refractivity (Wildman–Crippen MR) is 68.5 cm³/mol. The zero-order valence-electron chi connectivity index (χ0n) is 10.6. The van der Waals surface area contributed by atoms with Gasteiger partial charge in [0.1, 0.15) is 6.61 Å². The lowest BCUT2D eigenvalue weighted by Crippen LogP contribution is -2.30. The molecule has 0 radical (unpaired) electrons. The number of carboxylic acid groups (broad SMARTS) is 1. The largest absolute Gasteiger partial charge is 0.478 e. The summed E-state index contributed by atoms with van der Waals surface area (Å²) in [6, 6.07) is 9.35. The fourth-order valence-electron chi connectivity index (χ4n) is 1.95. The van der Waals surface area contributed by atoms with Crippen molar-refractivity contribution in [2.75, 3.05) is 13.1 Å². The zero-order chi connectivity index (χ0) is 13.8. The lowest BCUT2D eigenvalue weighted by Gasteiger charge is -2.16. The van der Waals surface area contributed by atoms with Crippen molar-refractivity contribution in [1.29, 1.82) is 0 Å². The van der Waals surface area contributed by atoms with Crippen LogP contribution in [0.1, 0.15) is 12.5 Å². The highest BCUT2D eigenvalue weighted by atomic mass is 16.6. The third-order valence-corrected chi connectivity index (χ3v) is 3.01. The van der Waals surface area contributed by atoms with Crippen LogP contribution in [0.5, 0.6) is 0 Å². The second kappa shape index (κ2) is 5.56. The van der Waals surface area contributed by atoms with Crippen LogP contribution in [0.15, 0.2) is 41.5 Å². The highest BCUT2D eigenvalue weighted by Gasteiger charge is 2.28. The van der Waals surface area contributed by atoms with Gasteiger partial charge in [-0.05, 0) is 18.1 Å². The van der Waals surface area contributed by atoms with E-state index in [-0.39, 0.29) is 18.7 Å². The van der Waals surface area contributed by atoms with E-state index < -0.39 is 12.1 Å². The van der Waals surface area contributed by atoms with Crippen LogP contribution in [0.2, 0.25) is 0 Å². The summed E-state index contributed by atoms with van der Waals surface area (Å²) < 4.78 is 5.16. The van der Waals surface area contributed by atoms with Crippen molar-refractivity contribution in [2.45, 2.75) is 13.5 Å². The summed E-state index contributed by atoms with van der Waals surface area (Å²) in [6.07, 6.45) is -0.487. The Labute approximate surface area is 111 Å². The van der Waals surface area contributed by atoms with Crippen LogP contribution in [0.4, 0.5) is 4.79 Å². The molecule has 1 N–H and O–H groups in total. The minimum Gasteiger partial charge on any atom is -0.478 e. The molecule has 0 saturated heterocycles. The van der Waals surface area contributed by atoms with E-state index in [0.29, 0.717) is 12.1 Å². The number of carbonyl (C=O) groups excluding carboxylic acids is 1. The van der Waals surface area contributed by atoms with Crippen LogP contribution in [0, 0.1) is 0 Å².